The summed E-state index contributed by atoms with van der Waals surface area (Å²) in [7, 11) is 0. The van der Waals surface area contributed by atoms with Crippen molar-refractivity contribution in [2.24, 2.45) is 0 Å². The van der Waals surface area contributed by atoms with Crippen LogP contribution in [0, 0.1) is 0 Å². The van der Waals surface area contributed by atoms with Crippen LogP contribution in [0.1, 0.15) is 11.1 Å². The second-order valence-corrected chi connectivity index (χ2v) is 5.60. The van der Waals surface area contributed by atoms with Crippen LogP contribution in [0.4, 0.5) is 5.69 Å². The van der Waals surface area contributed by atoms with E-state index >= 15 is 0 Å². The molecule has 0 aliphatic heterocycles. The number of halogens is 1. The molecule has 0 saturated heterocycles. The predicted octanol–water partition coefficient (Wildman–Crippen LogP) is 4.04. The molecule has 3 aromatic rings. The first kappa shape index (κ1) is 14.8. The van der Waals surface area contributed by atoms with E-state index in [4.69, 9.17) is 16.7 Å². The standard InChI is InChI=1S/C18H17ClN2O/c19-16-10-14-2-1-8-20-18(14)15(11-16)12-21-17-5-3-13(4-6-17)7-9-22/h1-6,8,10-11,21-22H,7,9,12H2. The summed E-state index contributed by atoms with van der Waals surface area (Å²) in [6, 6.07) is 15.9. The van der Waals surface area contributed by atoms with Crippen molar-refractivity contribution in [3.63, 3.8) is 0 Å². The number of nitrogens with zero attached hydrogens (tertiary/aromatic N) is 1. The van der Waals surface area contributed by atoms with E-state index in [0.29, 0.717) is 13.0 Å². The van der Waals surface area contributed by atoms with Gasteiger partial charge >= 0.3 is 0 Å². The second-order valence-electron chi connectivity index (χ2n) is 5.16. The average Bonchev–Trinajstić information content (AvgIpc) is 2.54. The van der Waals surface area contributed by atoms with Crippen molar-refractivity contribution in [1.29, 1.82) is 0 Å². The predicted molar refractivity (Wildman–Crippen MR) is 91.3 cm³/mol. The Morgan fingerprint density at radius 1 is 1.09 bits per heavy atom. The third kappa shape index (κ3) is 3.38. The van der Waals surface area contributed by atoms with Gasteiger partial charge in [-0.1, -0.05) is 29.8 Å². The lowest BCUT2D eigenvalue weighted by Gasteiger charge is -2.10. The van der Waals surface area contributed by atoms with Crippen LogP contribution in [0.5, 0.6) is 0 Å². The van der Waals surface area contributed by atoms with Crippen molar-refractivity contribution in [2.45, 2.75) is 13.0 Å². The maximum Gasteiger partial charge on any atom is 0.0752 e. The number of benzene rings is 2. The lowest BCUT2D eigenvalue weighted by Crippen LogP contribution is -2.01. The largest absolute Gasteiger partial charge is 0.396 e. The van der Waals surface area contributed by atoms with Crippen LogP contribution in [0.25, 0.3) is 10.9 Å². The Labute approximate surface area is 134 Å². The molecular formula is C18H17ClN2O. The van der Waals surface area contributed by atoms with E-state index in [2.05, 4.69) is 10.3 Å². The molecule has 0 bridgehead atoms. The van der Waals surface area contributed by atoms with Gasteiger partial charge in [-0.05, 0) is 47.9 Å². The Balaban J connectivity index is 1.78. The Hall–Kier alpha value is -2.10. The molecular weight excluding hydrogens is 296 g/mol. The van der Waals surface area contributed by atoms with Gasteiger partial charge in [0.2, 0.25) is 0 Å². The number of anilines is 1. The maximum atomic E-state index is 8.93. The smallest absolute Gasteiger partial charge is 0.0752 e. The fourth-order valence-corrected chi connectivity index (χ4v) is 2.73. The van der Waals surface area contributed by atoms with Crippen molar-refractivity contribution in [3.8, 4) is 0 Å². The fourth-order valence-electron chi connectivity index (χ4n) is 2.48. The minimum atomic E-state index is 0.174. The summed E-state index contributed by atoms with van der Waals surface area (Å²) in [6.45, 7) is 0.834. The van der Waals surface area contributed by atoms with E-state index in [1.54, 1.807) is 6.20 Å². The summed E-state index contributed by atoms with van der Waals surface area (Å²) in [5.74, 6) is 0. The molecule has 2 N–H and O–H groups in total. The number of nitrogens with one attached hydrogen (secondary N) is 1. The highest BCUT2D eigenvalue weighted by Gasteiger charge is 2.04. The van der Waals surface area contributed by atoms with Crippen LogP contribution < -0.4 is 5.32 Å². The quantitative estimate of drug-likeness (QED) is 0.747. The van der Waals surface area contributed by atoms with Gasteiger partial charge in [0.1, 0.15) is 0 Å². The number of pyridine rings is 1. The number of hydrogen-bond acceptors (Lipinski definition) is 3. The molecule has 0 spiro atoms. The van der Waals surface area contributed by atoms with Gasteiger partial charge in [-0.15, -0.1) is 0 Å². The summed E-state index contributed by atoms with van der Waals surface area (Å²) in [5, 5.41) is 14.1. The minimum absolute atomic E-state index is 0.174. The third-order valence-corrected chi connectivity index (χ3v) is 3.80. The highest BCUT2D eigenvalue weighted by molar-refractivity contribution is 6.31. The minimum Gasteiger partial charge on any atom is -0.396 e. The second kappa shape index (κ2) is 6.77. The molecule has 0 radical (unpaired) electrons. The van der Waals surface area contributed by atoms with Crippen LogP contribution in [0.2, 0.25) is 5.02 Å². The zero-order valence-corrected chi connectivity index (χ0v) is 12.8. The molecule has 0 atom stereocenters. The summed E-state index contributed by atoms with van der Waals surface area (Å²) in [6.07, 6.45) is 2.48. The lowest BCUT2D eigenvalue weighted by atomic mass is 10.1. The molecule has 0 aliphatic rings. The number of rotatable bonds is 5. The Morgan fingerprint density at radius 2 is 1.91 bits per heavy atom. The first-order chi connectivity index (χ1) is 10.8. The molecule has 4 heteroatoms. The van der Waals surface area contributed by atoms with Gasteiger partial charge in [0, 0.05) is 35.4 Å². The molecule has 112 valence electrons. The fraction of sp³-hybridized carbons (Fsp3) is 0.167. The first-order valence-corrected chi connectivity index (χ1v) is 7.61. The van der Waals surface area contributed by atoms with Crippen LogP contribution >= 0.6 is 11.6 Å². The molecule has 3 nitrogen and oxygen atoms in total. The molecule has 3 rings (SSSR count). The van der Waals surface area contributed by atoms with E-state index in [-0.39, 0.29) is 6.61 Å². The van der Waals surface area contributed by atoms with Crippen molar-refractivity contribution in [2.75, 3.05) is 11.9 Å². The van der Waals surface area contributed by atoms with Crippen LogP contribution in [0.3, 0.4) is 0 Å². The van der Waals surface area contributed by atoms with Gasteiger partial charge < -0.3 is 10.4 Å². The third-order valence-electron chi connectivity index (χ3n) is 3.59. The Kier molecular flexibility index (Phi) is 4.56. The highest BCUT2D eigenvalue weighted by Crippen LogP contribution is 2.23. The normalized spacial score (nSPS) is 10.8. The van der Waals surface area contributed by atoms with Crippen LogP contribution in [-0.4, -0.2) is 16.7 Å². The van der Waals surface area contributed by atoms with Crippen LogP contribution in [0.15, 0.2) is 54.7 Å². The van der Waals surface area contributed by atoms with E-state index in [9.17, 15) is 0 Å². The zero-order chi connectivity index (χ0) is 15.4. The number of hydrogen-bond donors (Lipinski definition) is 2. The molecule has 0 unspecified atom stereocenters. The van der Waals surface area contributed by atoms with Gasteiger partial charge in [-0.3, -0.25) is 4.98 Å². The van der Waals surface area contributed by atoms with Gasteiger partial charge in [-0.2, -0.15) is 0 Å². The lowest BCUT2D eigenvalue weighted by molar-refractivity contribution is 0.299. The van der Waals surface area contributed by atoms with Gasteiger partial charge in [-0.25, -0.2) is 0 Å². The summed E-state index contributed by atoms with van der Waals surface area (Å²) >= 11 is 6.18. The van der Waals surface area contributed by atoms with Crippen molar-refractivity contribution >= 4 is 28.2 Å². The average molecular weight is 313 g/mol. The molecule has 0 saturated carbocycles. The number of aromatic nitrogens is 1. The highest BCUT2D eigenvalue weighted by atomic mass is 35.5. The maximum absolute atomic E-state index is 8.93. The number of aliphatic hydroxyl groups is 1. The number of aliphatic hydroxyl groups excluding tert-OH is 1. The molecule has 0 fully saturated rings. The summed E-state index contributed by atoms with van der Waals surface area (Å²) in [4.78, 5) is 4.45. The van der Waals surface area contributed by atoms with Crippen LogP contribution in [-0.2, 0) is 13.0 Å². The van der Waals surface area contributed by atoms with Gasteiger partial charge in [0.05, 0.1) is 5.52 Å². The van der Waals surface area contributed by atoms with Gasteiger partial charge in [0.15, 0.2) is 0 Å². The van der Waals surface area contributed by atoms with Crippen molar-refractivity contribution in [3.05, 3.63) is 70.9 Å². The Morgan fingerprint density at radius 3 is 2.68 bits per heavy atom. The molecule has 1 aromatic heterocycles. The SMILES string of the molecule is OCCc1ccc(NCc2cc(Cl)cc3cccnc23)cc1. The van der Waals surface area contributed by atoms with E-state index in [1.807, 2.05) is 48.5 Å². The Bertz CT molecular complexity index is 772. The van der Waals surface area contributed by atoms with E-state index in [1.165, 1.54) is 0 Å². The molecule has 0 aliphatic carbocycles. The van der Waals surface area contributed by atoms with Gasteiger partial charge in [0.25, 0.3) is 0 Å². The number of fused-ring (bicyclic) bond motifs is 1. The monoisotopic (exact) mass is 312 g/mol. The van der Waals surface area contributed by atoms with Crippen molar-refractivity contribution < 1.29 is 5.11 Å². The van der Waals surface area contributed by atoms with E-state index < -0.39 is 0 Å². The summed E-state index contributed by atoms with van der Waals surface area (Å²) < 4.78 is 0. The molecule has 1 heterocycles. The summed E-state index contributed by atoms with van der Waals surface area (Å²) in [5.41, 5.74) is 4.20. The zero-order valence-electron chi connectivity index (χ0n) is 12.1. The molecule has 2 aromatic carbocycles. The molecule has 22 heavy (non-hydrogen) atoms. The van der Waals surface area contributed by atoms with E-state index in [0.717, 1.165) is 32.7 Å². The molecule has 0 amide bonds. The first-order valence-electron chi connectivity index (χ1n) is 7.23. The van der Waals surface area contributed by atoms with Crippen molar-refractivity contribution in [1.82, 2.24) is 4.98 Å². The topological polar surface area (TPSA) is 45.1 Å².